The van der Waals surface area contributed by atoms with Gasteiger partial charge in [-0.25, -0.2) is 0 Å². The lowest BCUT2D eigenvalue weighted by Crippen LogP contribution is -2.32. The Kier molecular flexibility index (Phi) is 7.46. The molecule has 21 heavy (non-hydrogen) atoms. The van der Waals surface area contributed by atoms with Crippen LogP contribution in [0, 0.1) is 0 Å². The van der Waals surface area contributed by atoms with Crippen LogP contribution in [0.25, 0.3) is 0 Å². The molecule has 1 aromatic carbocycles. The van der Waals surface area contributed by atoms with Crippen molar-refractivity contribution in [3.63, 3.8) is 0 Å². The van der Waals surface area contributed by atoms with E-state index in [9.17, 15) is 9.59 Å². The van der Waals surface area contributed by atoms with Crippen LogP contribution in [0.1, 0.15) is 47.4 Å². The van der Waals surface area contributed by atoms with Gasteiger partial charge in [0.25, 0.3) is 11.8 Å². The summed E-state index contributed by atoms with van der Waals surface area (Å²) in [5, 5.41) is 5.69. The normalized spacial score (nSPS) is 11.8. The van der Waals surface area contributed by atoms with Crippen LogP contribution in [0.4, 0.5) is 0 Å². The number of hydrogen-bond donors (Lipinski definition) is 2. The van der Waals surface area contributed by atoms with Gasteiger partial charge in [0.1, 0.15) is 0 Å². The van der Waals surface area contributed by atoms with Gasteiger partial charge in [-0.2, -0.15) is 0 Å². The van der Waals surface area contributed by atoms with E-state index in [0.717, 1.165) is 12.8 Å². The van der Waals surface area contributed by atoms with Crippen LogP contribution in [0.15, 0.2) is 24.3 Å². The van der Waals surface area contributed by atoms with Gasteiger partial charge in [-0.3, -0.25) is 9.59 Å². The molecule has 1 atom stereocenters. The second-order valence-electron chi connectivity index (χ2n) is 4.96. The number of methoxy groups -OCH3 is 1. The molecule has 0 aromatic heterocycles. The van der Waals surface area contributed by atoms with Crippen LogP contribution in [0.5, 0.6) is 0 Å². The van der Waals surface area contributed by atoms with Crippen molar-refractivity contribution in [2.45, 2.75) is 32.7 Å². The third-order valence-electron chi connectivity index (χ3n) is 3.21. The third kappa shape index (κ3) is 5.95. The molecule has 5 heteroatoms. The molecular formula is C16H24N2O3. The average molecular weight is 292 g/mol. The van der Waals surface area contributed by atoms with Gasteiger partial charge in [-0.1, -0.05) is 6.92 Å². The molecular weight excluding hydrogens is 268 g/mol. The summed E-state index contributed by atoms with van der Waals surface area (Å²) in [6.07, 6.45) is 1.66. The van der Waals surface area contributed by atoms with E-state index in [1.165, 1.54) is 0 Å². The summed E-state index contributed by atoms with van der Waals surface area (Å²) in [4.78, 5) is 23.8. The number of nitrogens with one attached hydrogen (secondary N) is 2. The molecule has 0 aliphatic rings. The Labute approximate surface area is 126 Å². The maximum Gasteiger partial charge on any atom is 0.251 e. The molecule has 0 saturated carbocycles. The van der Waals surface area contributed by atoms with Crippen molar-refractivity contribution in [1.29, 1.82) is 0 Å². The number of rotatable bonds is 8. The third-order valence-corrected chi connectivity index (χ3v) is 3.21. The van der Waals surface area contributed by atoms with Gasteiger partial charge < -0.3 is 15.4 Å². The van der Waals surface area contributed by atoms with Crippen LogP contribution in [-0.4, -0.2) is 38.1 Å². The summed E-state index contributed by atoms with van der Waals surface area (Å²) in [5.41, 5.74) is 1.11. The summed E-state index contributed by atoms with van der Waals surface area (Å²) in [7, 11) is 1.63. The zero-order valence-electron chi connectivity index (χ0n) is 12.9. The molecule has 0 aliphatic heterocycles. The quantitative estimate of drug-likeness (QED) is 0.720. The van der Waals surface area contributed by atoms with Crippen LogP contribution < -0.4 is 10.6 Å². The zero-order valence-corrected chi connectivity index (χ0v) is 12.9. The maximum atomic E-state index is 11.9. The first-order chi connectivity index (χ1) is 10.1. The molecule has 2 N–H and O–H groups in total. The molecule has 0 aliphatic carbocycles. The SMILES string of the molecule is CCC(C)NC(=O)c1ccc(C(=O)NCCCOC)cc1. The second-order valence-corrected chi connectivity index (χ2v) is 4.96. The minimum absolute atomic E-state index is 0.114. The molecule has 0 fully saturated rings. The Morgan fingerprint density at radius 1 is 1.14 bits per heavy atom. The molecule has 0 spiro atoms. The van der Waals surface area contributed by atoms with Crippen molar-refractivity contribution in [2.75, 3.05) is 20.3 Å². The Hall–Kier alpha value is -1.88. The van der Waals surface area contributed by atoms with E-state index in [4.69, 9.17) is 4.74 Å². The average Bonchev–Trinajstić information content (AvgIpc) is 2.51. The lowest BCUT2D eigenvalue weighted by molar-refractivity contribution is 0.0931. The van der Waals surface area contributed by atoms with E-state index in [1.807, 2.05) is 13.8 Å². The molecule has 2 amide bonds. The number of hydrogen-bond acceptors (Lipinski definition) is 3. The Balaban J connectivity index is 2.53. The molecule has 0 bridgehead atoms. The van der Waals surface area contributed by atoms with Gasteiger partial charge >= 0.3 is 0 Å². The predicted octanol–water partition coefficient (Wildman–Crippen LogP) is 1.98. The van der Waals surface area contributed by atoms with Crippen LogP contribution >= 0.6 is 0 Å². The van der Waals surface area contributed by atoms with Crippen molar-refractivity contribution >= 4 is 11.8 Å². The van der Waals surface area contributed by atoms with Gasteiger partial charge in [0, 0.05) is 37.4 Å². The smallest absolute Gasteiger partial charge is 0.251 e. The summed E-state index contributed by atoms with van der Waals surface area (Å²) >= 11 is 0. The Morgan fingerprint density at radius 2 is 1.71 bits per heavy atom. The summed E-state index contributed by atoms with van der Waals surface area (Å²) < 4.78 is 4.92. The first-order valence-electron chi connectivity index (χ1n) is 7.26. The lowest BCUT2D eigenvalue weighted by atomic mass is 10.1. The number of amides is 2. The molecule has 116 valence electrons. The first kappa shape index (κ1) is 17.2. The lowest BCUT2D eigenvalue weighted by Gasteiger charge is -2.11. The van der Waals surface area contributed by atoms with Crippen LogP contribution in [-0.2, 0) is 4.74 Å². The fraction of sp³-hybridized carbons (Fsp3) is 0.500. The first-order valence-corrected chi connectivity index (χ1v) is 7.26. The molecule has 1 unspecified atom stereocenters. The molecule has 0 radical (unpaired) electrons. The van der Waals surface area contributed by atoms with E-state index in [1.54, 1.807) is 31.4 Å². The minimum Gasteiger partial charge on any atom is -0.385 e. The molecule has 1 rings (SSSR count). The second kappa shape index (κ2) is 9.13. The predicted molar refractivity (Wildman–Crippen MR) is 82.5 cm³/mol. The zero-order chi connectivity index (χ0) is 15.7. The highest BCUT2D eigenvalue weighted by Gasteiger charge is 2.10. The minimum atomic E-state index is -0.139. The molecule has 1 aromatic rings. The Bertz CT molecular complexity index is 457. The standard InChI is InChI=1S/C16H24N2O3/c1-4-12(2)18-16(20)14-8-6-13(7-9-14)15(19)17-10-5-11-21-3/h6-9,12H,4-5,10-11H2,1-3H3,(H,17,19)(H,18,20). The number of benzene rings is 1. The summed E-state index contributed by atoms with van der Waals surface area (Å²) in [6, 6.07) is 6.80. The van der Waals surface area contributed by atoms with E-state index in [0.29, 0.717) is 24.3 Å². The van der Waals surface area contributed by atoms with Gasteiger partial charge in [-0.05, 0) is 44.0 Å². The van der Waals surface area contributed by atoms with E-state index in [2.05, 4.69) is 10.6 Å². The largest absolute Gasteiger partial charge is 0.385 e. The van der Waals surface area contributed by atoms with Gasteiger partial charge in [0.15, 0.2) is 0 Å². The molecule has 0 saturated heterocycles. The van der Waals surface area contributed by atoms with Crippen molar-refractivity contribution in [1.82, 2.24) is 10.6 Å². The van der Waals surface area contributed by atoms with Crippen LogP contribution in [0.2, 0.25) is 0 Å². The maximum absolute atomic E-state index is 11.9. The fourth-order valence-electron chi connectivity index (χ4n) is 1.70. The van der Waals surface area contributed by atoms with Gasteiger partial charge in [-0.15, -0.1) is 0 Å². The highest BCUT2D eigenvalue weighted by molar-refractivity contribution is 5.97. The van der Waals surface area contributed by atoms with E-state index in [-0.39, 0.29) is 17.9 Å². The fourth-order valence-corrected chi connectivity index (χ4v) is 1.70. The van der Waals surface area contributed by atoms with Crippen molar-refractivity contribution in [2.24, 2.45) is 0 Å². The van der Waals surface area contributed by atoms with Crippen LogP contribution in [0.3, 0.4) is 0 Å². The molecule has 5 nitrogen and oxygen atoms in total. The topological polar surface area (TPSA) is 67.4 Å². The monoisotopic (exact) mass is 292 g/mol. The van der Waals surface area contributed by atoms with Gasteiger partial charge in [0.2, 0.25) is 0 Å². The highest BCUT2D eigenvalue weighted by Crippen LogP contribution is 2.05. The summed E-state index contributed by atoms with van der Waals surface area (Å²) in [6.45, 7) is 5.17. The highest BCUT2D eigenvalue weighted by atomic mass is 16.5. The van der Waals surface area contributed by atoms with Crippen molar-refractivity contribution < 1.29 is 14.3 Å². The van der Waals surface area contributed by atoms with Crippen molar-refractivity contribution in [3.8, 4) is 0 Å². The summed E-state index contributed by atoms with van der Waals surface area (Å²) in [5.74, 6) is -0.253. The number of carbonyl (C=O) groups is 2. The number of ether oxygens (including phenoxy) is 1. The Morgan fingerprint density at radius 3 is 2.24 bits per heavy atom. The van der Waals surface area contributed by atoms with Gasteiger partial charge in [0.05, 0.1) is 0 Å². The van der Waals surface area contributed by atoms with Crippen molar-refractivity contribution in [3.05, 3.63) is 35.4 Å². The van der Waals surface area contributed by atoms with E-state index >= 15 is 0 Å². The van der Waals surface area contributed by atoms with E-state index < -0.39 is 0 Å². The molecule has 0 heterocycles. The number of carbonyl (C=O) groups excluding carboxylic acids is 2.